The Hall–Kier alpha value is -5.60. The normalized spacial score (nSPS) is 11.3. The summed E-state index contributed by atoms with van der Waals surface area (Å²) in [5.74, 6) is 0. The van der Waals surface area contributed by atoms with E-state index < -0.39 is 0 Å². The molecule has 0 aliphatic heterocycles. The van der Waals surface area contributed by atoms with Crippen LogP contribution in [0.5, 0.6) is 0 Å². The second-order valence-electron chi connectivity index (χ2n) is 10.6. The van der Waals surface area contributed by atoms with Gasteiger partial charge in [-0.15, -0.1) is 0 Å². The SMILES string of the molecule is c1ccc(N(c2ccccc2)c2cccc(-c3cccc4c3ccc3c4c4ccccc4n3-c3ccccc3)c2)cc1. The van der Waals surface area contributed by atoms with Gasteiger partial charge in [-0.05, 0) is 82.6 Å². The van der Waals surface area contributed by atoms with Gasteiger partial charge in [-0.1, -0.05) is 109 Å². The molecule has 0 fully saturated rings. The Morgan fingerprint density at radius 1 is 0.381 bits per heavy atom. The molecule has 0 N–H and O–H groups in total. The predicted octanol–water partition coefficient (Wildman–Crippen LogP) is 11.1. The van der Waals surface area contributed by atoms with Gasteiger partial charge in [0.25, 0.3) is 0 Å². The van der Waals surface area contributed by atoms with Crippen molar-refractivity contribution in [1.82, 2.24) is 4.57 Å². The lowest BCUT2D eigenvalue weighted by Gasteiger charge is -2.26. The second-order valence-corrected chi connectivity index (χ2v) is 10.6. The molecule has 1 heterocycles. The molecule has 1 aromatic heterocycles. The van der Waals surface area contributed by atoms with Crippen molar-refractivity contribution in [3.8, 4) is 16.8 Å². The van der Waals surface area contributed by atoms with Gasteiger partial charge in [0, 0.05) is 33.5 Å². The summed E-state index contributed by atoms with van der Waals surface area (Å²) in [5.41, 5.74) is 9.44. The molecule has 8 aromatic rings. The van der Waals surface area contributed by atoms with Crippen LogP contribution in [0.25, 0.3) is 49.4 Å². The number of hydrogen-bond donors (Lipinski definition) is 0. The number of aromatic nitrogens is 1. The van der Waals surface area contributed by atoms with E-state index in [0.717, 1.165) is 17.1 Å². The van der Waals surface area contributed by atoms with Crippen LogP contribution in [0, 0.1) is 0 Å². The molecule has 7 aromatic carbocycles. The first-order chi connectivity index (χ1) is 20.9. The summed E-state index contributed by atoms with van der Waals surface area (Å²) < 4.78 is 2.38. The molecule has 0 atom stereocenters. The maximum atomic E-state index is 2.38. The van der Waals surface area contributed by atoms with Crippen molar-refractivity contribution in [3.63, 3.8) is 0 Å². The molecule has 0 aliphatic carbocycles. The minimum Gasteiger partial charge on any atom is -0.310 e. The lowest BCUT2D eigenvalue weighted by molar-refractivity contribution is 1.18. The highest BCUT2D eigenvalue weighted by molar-refractivity contribution is 6.23. The number of para-hydroxylation sites is 4. The second kappa shape index (κ2) is 10.1. The van der Waals surface area contributed by atoms with Crippen molar-refractivity contribution in [2.75, 3.05) is 4.90 Å². The quantitative estimate of drug-likeness (QED) is 0.212. The maximum absolute atomic E-state index is 2.38. The number of nitrogens with zero attached hydrogens (tertiary/aromatic N) is 2. The van der Waals surface area contributed by atoms with E-state index in [1.54, 1.807) is 0 Å². The molecular weight excluding hydrogens is 508 g/mol. The summed E-state index contributed by atoms with van der Waals surface area (Å²) in [5, 5.41) is 5.08. The zero-order chi connectivity index (χ0) is 27.9. The van der Waals surface area contributed by atoms with Gasteiger partial charge in [0.05, 0.1) is 11.0 Å². The van der Waals surface area contributed by atoms with Crippen LogP contribution >= 0.6 is 0 Å². The van der Waals surface area contributed by atoms with Gasteiger partial charge in [0.2, 0.25) is 0 Å². The molecule has 0 unspecified atom stereocenters. The Morgan fingerprint density at radius 2 is 0.976 bits per heavy atom. The molecule has 198 valence electrons. The number of rotatable bonds is 5. The molecule has 0 spiro atoms. The summed E-state index contributed by atoms with van der Waals surface area (Å²) in [6, 6.07) is 60.8. The Balaban J connectivity index is 1.34. The third-order valence-electron chi connectivity index (χ3n) is 8.15. The topological polar surface area (TPSA) is 8.17 Å². The smallest absolute Gasteiger partial charge is 0.0547 e. The zero-order valence-electron chi connectivity index (χ0n) is 23.1. The molecule has 0 bridgehead atoms. The molecule has 42 heavy (non-hydrogen) atoms. The van der Waals surface area contributed by atoms with Crippen molar-refractivity contribution in [1.29, 1.82) is 0 Å². The van der Waals surface area contributed by atoms with Crippen LogP contribution in [0.1, 0.15) is 0 Å². The van der Waals surface area contributed by atoms with E-state index in [1.165, 1.54) is 49.4 Å². The first kappa shape index (κ1) is 24.2. The monoisotopic (exact) mass is 536 g/mol. The highest BCUT2D eigenvalue weighted by atomic mass is 15.1. The fourth-order valence-electron chi connectivity index (χ4n) is 6.35. The van der Waals surface area contributed by atoms with Crippen LogP contribution in [0.2, 0.25) is 0 Å². The lowest BCUT2D eigenvalue weighted by Crippen LogP contribution is -2.09. The molecule has 0 saturated carbocycles. The third kappa shape index (κ3) is 3.96. The van der Waals surface area contributed by atoms with E-state index in [0.29, 0.717) is 0 Å². The minimum atomic E-state index is 1.13. The fraction of sp³-hybridized carbons (Fsp3) is 0. The van der Waals surface area contributed by atoms with Crippen LogP contribution < -0.4 is 4.90 Å². The highest BCUT2D eigenvalue weighted by Gasteiger charge is 2.17. The molecule has 2 heteroatoms. The van der Waals surface area contributed by atoms with Crippen molar-refractivity contribution in [2.24, 2.45) is 0 Å². The predicted molar refractivity (Wildman–Crippen MR) is 178 cm³/mol. The van der Waals surface area contributed by atoms with E-state index in [4.69, 9.17) is 0 Å². The molecule has 0 radical (unpaired) electrons. The Kier molecular flexibility index (Phi) is 5.82. The number of fused-ring (bicyclic) bond motifs is 5. The number of hydrogen-bond acceptors (Lipinski definition) is 1. The summed E-state index contributed by atoms with van der Waals surface area (Å²) >= 11 is 0. The summed E-state index contributed by atoms with van der Waals surface area (Å²) in [6.07, 6.45) is 0. The molecule has 8 rings (SSSR count). The molecular formula is C40H28N2. The minimum absolute atomic E-state index is 1.13. The Bertz CT molecular complexity index is 2140. The molecule has 0 saturated heterocycles. The molecule has 2 nitrogen and oxygen atoms in total. The van der Waals surface area contributed by atoms with E-state index in [2.05, 4.69) is 179 Å². The summed E-state index contributed by atoms with van der Waals surface area (Å²) in [6.45, 7) is 0. The van der Waals surface area contributed by atoms with Gasteiger partial charge in [-0.25, -0.2) is 0 Å². The standard InChI is InChI=1S/C40H28N2/c1-4-15-30(16-5-1)41(31-17-6-2-7-18-31)33-21-12-14-29(28-33)34-23-13-24-36-35(34)26-27-39-40(36)37-22-10-11-25-38(37)42(39)32-19-8-3-9-20-32/h1-28H. The van der Waals surface area contributed by atoms with Crippen molar-refractivity contribution < 1.29 is 0 Å². The van der Waals surface area contributed by atoms with Crippen molar-refractivity contribution in [2.45, 2.75) is 0 Å². The van der Waals surface area contributed by atoms with Gasteiger partial charge in [0.1, 0.15) is 0 Å². The maximum Gasteiger partial charge on any atom is 0.0547 e. The van der Waals surface area contributed by atoms with Gasteiger partial charge in [-0.3, -0.25) is 0 Å². The Morgan fingerprint density at radius 3 is 1.71 bits per heavy atom. The van der Waals surface area contributed by atoms with Crippen LogP contribution in [0.3, 0.4) is 0 Å². The van der Waals surface area contributed by atoms with E-state index in [-0.39, 0.29) is 0 Å². The van der Waals surface area contributed by atoms with E-state index >= 15 is 0 Å². The zero-order valence-corrected chi connectivity index (χ0v) is 23.1. The van der Waals surface area contributed by atoms with Crippen LogP contribution in [-0.2, 0) is 0 Å². The number of benzene rings is 7. The highest BCUT2D eigenvalue weighted by Crippen LogP contribution is 2.41. The number of anilines is 3. The van der Waals surface area contributed by atoms with Crippen molar-refractivity contribution in [3.05, 3.63) is 170 Å². The molecule has 0 aliphatic rings. The van der Waals surface area contributed by atoms with Crippen LogP contribution in [0.15, 0.2) is 170 Å². The van der Waals surface area contributed by atoms with Gasteiger partial charge in [0.15, 0.2) is 0 Å². The average molecular weight is 537 g/mol. The van der Waals surface area contributed by atoms with E-state index in [1.807, 2.05) is 0 Å². The van der Waals surface area contributed by atoms with Gasteiger partial charge >= 0.3 is 0 Å². The average Bonchev–Trinajstić information content (AvgIpc) is 3.41. The first-order valence-electron chi connectivity index (χ1n) is 14.4. The van der Waals surface area contributed by atoms with Crippen LogP contribution in [-0.4, -0.2) is 4.57 Å². The Labute approximate surface area is 245 Å². The third-order valence-corrected chi connectivity index (χ3v) is 8.15. The largest absolute Gasteiger partial charge is 0.310 e. The fourth-order valence-corrected chi connectivity index (χ4v) is 6.35. The summed E-state index contributed by atoms with van der Waals surface area (Å²) in [7, 11) is 0. The van der Waals surface area contributed by atoms with Crippen LogP contribution in [0.4, 0.5) is 17.1 Å². The molecule has 0 amide bonds. The van der Waals surface area contributed by atoms with E-state index in [9.17, 15) is 0 Å². The first-order valence-corrected chi connectivity index (χ1v) is 14.4. The van der Waals surface area contributed by atoms with Gasteiger partial charge < -0.3 is 9.47 Å². The lowest BCUT2D eigenvalue weighted by atomic mass is 9.95. The van der Waals surface area contributed by atoms with Gasteiger partial charge in [-0.2, -0.15) is 0 Å². The van der Waals surface area contributed by atoms with Crippen molar-refractivity contribution >= 4 is 49.6 Å². The summed E-state index contributed by atoms with van der Waals surface area (Å²) in [4.78, 5) is 2.32.